The molecule has 0 saturated carbocycles. The van der Waals surface area contributed by atoms with Crippen molar-refractivity contribution < 1.29 is 0 Å². The Labute approximate surface area is 91.6 Å². The van der Waals surface area contributed by atoms with Crippen LogP contribution < -0.4 is 0 Å². The molecule has 78 valence electrons. The maximum atomic E-state index is 4.43. The molecule has 0 bridgehead atoms. The fraction of sp³-hybridized carbons (Fsp3) is 0.357. The molecule has 0 aliphatic heterocycles. The average molecular weight is 199 g/mol. The van der Waals surface area contributed by atoms with Crippen LogP contribution in [0.25, 0.3) is 5.57 Å². The van der Waals surface area contributed by atoms with Crippen molar-refractivity contribution in [3.63, 3.8) is 0 Å². The van der Waals surface area contributed by atoms with Crippen LogP contribution in [0.4, 0.5) is 0 Å². The monoisotopic (exact) mass is 199 g/mol. The van der Waals surface area contributed by atoms with E-state index in [-0.39, 0.29) is 0 Å². The molecule has 1 heterocycles. The van der Waals surface area contributed by atoms with E-state index in [1.54, 1.807) is 0 Å². The standard InChI is InChI=1S/C14H17N/c1-2-6-12-9-10-15-14(11-12)13-7-4-3-5-8-13/h4,7-11H,2-3,5-6H2,1H3. The lowest BCUT2D eigenvalue weighted by Crippen LogP contribution is -1.92. The molecule has 0 fully saturated rings. The summed E-state index contributed by atoms with van der Waals surface area (Å²) in [7, 11) is 0. The third-order valence-corrected chi connectivity index (χ3v) is 2.65. The topological polar surface area (TPSA) is 12.9 Å². The van der Waals surface area contributed by atoms with Gasteiger partial charge < -0.3 is 0 Å². The van der Waals surface area contributed by atoms with E-state index in [1.807, 2.05) is 6.20 Å². The van der Waals surface area contributed by atoms with E-state index < -0.39 is 0 Å². The molecule has 0 spiro atoms. The van der Waals surface area contributed by atoms with Crippen molar-refractivity contribution in [2.45, 2.75) is 32.6 Å². The highest BCUT2D eigenvalue weighted by Crippen LogP contribution is 2.20. The maximum absolute atomic E-state index is 4.43. The first-order valence-electron chi connectivity index (χ1n) is 5.72. The van der Waals surface area contributed by atoms with Gasteiger partial charge in [0.1, 0.15) is 0 Å². The molecule has 0 saturated heterocycles. The summed E-state index contributed by atoms with van der Waals surface area (Å²) in [6.07, 6.45) is 13.3. The van der Waals surface area contributed by atoms with E-state index in [0.29, 0.717) is 0 Å². The molecule has 1 nitrogen and oxygen atoms in total. The van der Waals surface area contributed by atoms with Gasteiger partial charge in [0.15, 0.2) is 0 Å². The van der Waals surface area contributed by atoms with Crippen LogP contribution in [-0.4, -0.2) is 4.98 Å². The summed E-state index contributed by atoms with van der Waals surface area (Å²) >= 11 is 0. The molecule has 1 aromatic heterocycles. The Morgan fingerprint density at radius 3 is 3.00 bits per heavy atom. The van der Waals surface area contributed by atoms with Gasteiger partial charge in [0.2, 0.25) is 0 Å². The van der Waals surface area contributed by atoms with Crippen LogP contribution >= 0.6 is 0 Å². The van der Waals surface area contributed by atoms with Crippen LogP contribution in [0, 0.1) is 0 Å². The van der Waals surface area contributed by atoms with Crippen molar-refractivity contribution in [2.75, 3.05) is 0 Å². The van der Waals surface area contributed by atoms with Crippen LogP contribution in [0.3, 0.4) is 0 Å². The molecule has 1 aliphatic carbocycles. The maximum Gasteiger partial charge on any atom is 0.0701 e. The molecule has 2 rings (SSSR count). The number of nitrogens with zero attached hydrogens (tertiary/aromatic N) is 1. The van der Waals surface area contributed by atoms with Crippen molar-refractivity contribution in [2.24, 2.45) is 0 Å². The van der Waals surface area contributed by atoms with E-state index >= 15 is 0 Å². The van der Waals surface area contributed by atoms with E-state index in [9.17, 15) is 0 Å². The Morgan fingerprint density at radius 2 is 2.27 bits per heavy atom. The van der Waals surface area contributed by atoms with Gasteiger partial charge in [0, 0.05) is 6.20 Å². The molecule has 0 unspecified atom stereocenters. The van der Waals surface area contributed by atoms with Crippen molar-refractivity contribution >= 4 is 5.57 Å². The smallest absolute Gasteiger partial charge is 0.0701 e. The summed E-state index contributed by atoms with van der Waals surface area (Å²) in [4.78, 5) is 4.43. The van der Waals surface area contributed by atoms with Crippen molar-refractivity contribution in [3.8, 4) is 0 Å². The molecule has 1 aliphatic rings. The third kappa shape index (κ3) is 2.56. The summed E-state index contributed by atoms with van der Waals surface area (Å²) in [5.41, 5.74) is 3.79. The fourth-order valence-corrected chi connectivity index (χ4v) is 1.88. The predicted octanol–water partition coefficient (Wildman–Crippen LogP) is 3.77. The van der Waals surface area contributed by atoms with E-state index in [4.69, 9.17) is 0 Å². The van der Waals surface area contributed by atoms with Gasteiger partial charge in [-0.1, -0.05) is 31.6 Å². The lowest BCUT2D eigenvalue weighted by molar-refractivity contribution is 0.916. The molecule has 0 amide bonds. The van der Waals surface area contributed by atoms with Gasteiger partial charge in [-0.2, -0.15) is 0 Å². The van der Waals surface area contributed by atoms with Crippen LogP contribution in [0.1, 0.15) is 37.4 Å². The Kier molecular flexibility index (Phi) is 3.33. The minimum Gasteiger partial charge on any atom is -0.256 e. The molecule has 0 radical (unpaired) electrons. The van der Waals surface area contributed by atoms with Crippen molar-refractivity contribution in [1.82, 2.24) is 4.98 Å². The fourth-order valence-electron chi connectivity index (χ4n) is 1.88. The van der Waals surface area contributed by atoms with Crippen LogP contribution in [0.5, 0.6) is 0 Å². The zero-order chi connectivity index (χ0) is 10.5. The summed E-state index contributed by atoms with van der Waals surface area (Å²) in [6.45, 7) is 2.21. The zero-order valence-corrected chi connectivity index (χ0v) is 9.24. The molecular formula is C14H17N. The first kappa shape index (κ1) is 10.2. The van der Waals surface area contributed by atoms with Gasteiger partial charge in [-0.25, -0.2) is 0 Å². The number of aryl methyl sites for hydroxylation is 1. The second kappa shape index (κ2) is 4.92. The first-order valence-corrected chi connectivity index (χ1v) is 5.72. The van der Waals surface area contributed by atoms with Crippen LogP contribution in [0.2, 0.25) is 0 Å². The number of allylic oxidation sites excluding steroid dienone is 4. The van der Waals surface area contributed by atoms with E-state index in [0.717, 1.165) is 25.0 Å². The average Bonchev–Trinajstić information content (AvgIpc) is 2.31. The van der Waals surface area contributed by atoms with E-state index in [1.165, 1.54) is 17.6 Å². The summed E-state index contributed by atoms with van der Waals surface area (Å²) in [5.74, 6) is 0. The molecule has 0 aromatic carbocycles. The van der Waals surface area contributed by atoms with Crippen molar-refractivity contribution in [3.05, 3.63) is 47.8 Å². The molecule has 0 atom stereocenters. The van der Waals surface area contributed by atoms with Gasteiger partial charge in [0.25, 0.3) is 0 Å². The first-order chi connectivity index (χ1) is 7.40. The highest BCUT2D eigenvalue weighted by molar-refractivity contribution is 5.72. The Morgan fingerprint density at radius 1 is 1.33 bits per heavy atom. The molecular weight excluding hydrogens is 182 g/mol. The number of hydrogen-bond donors (Lipinski definition) is 0. The number of aromatic nitrogens is 1. The molecule has 1 heteroatoms. The second-order valence-electron chi connectivity index (χ2n) is 3.94. The van der Waals surface area contributed by atoms with Crippen LogP contribution in [-0.2, 0) is 6.42 Å². The normalized spacial score (nSPS) is 15.1. The lowest BCUT2D eigenvalue weighted by atomic mass is 10.0. The number of rotatable bonds is 3. The number of hydrogen-bond acceptors (Lipinski definition) is 1. The Hall–Kier alpha value is -1.37. The second-order valence-corrected chi connectivity index (χ2v) is 3.94. The lowest BCUT2D eigenvalue weighted by Gasteiger charge is -2.07. The summed E-state index contributed by atoms with van der Waals surface area (Å²) in [5, 5.41) is 0. The third-order valence-electron chi connectivity index (χ3n) is 2.65. The van der Waals surface area contributed by atoms with Gasteiger partial charge in [-0.3, -0.25) is 4.98 Å². The highest BCUT2D eigenvalue weighted by Gasteiger charge is 2.03. The summed E-state index contributed by atoms with van der Waals surface area (Å²) in [6, 6.07) is 4.32. The summed E-state index contributed by atoms with van der Waals surface area (Å²) < 4.78 is 0. The SMILES string of the molecule is CCCc1ccnc(C2=CCCC=C2)c1. The predicted molar refractivity (Wildman–Crippen MR) is 64.6 cm³/mol. The quantitative estimate of drug-likeness (QED) is 0.722. The highest BCUT2D eigenvalue weighted by atomic mass is 14.7. The van der Waals surface area contributed by atoms with Gasteiger partial charge >= 0.3 is 0 Å². The molecule has 0 N–H and O–H groups in total. The van der Waals surface area contributed by atoms with Crippen LogP contribution in [0.15, 0.2) is 36.6 Å². The van der Waals surface area contributed by atoms with E-state index in [2.05, 4.69) is 42.3 Å². The van der Waals surface area contributed by atoms with Crippen molar-refractivity contribution in [1.29, 1.82) is 0 Å². The minimum atomic E-state index is 1.12. The Balaban J connectivity index is 2.24. The molecule has 1 aromatic rings. The van der Waals surface area contributed by atoms with Gasteiger partial charge in [0.05, 0.1) is 5.69 Å². The minimum absolute atomic E-state index is 1.12. The Bertz CT molecular complexity index is 388. The largest absolute Gasteiger partial charge is 0.256 e. The van der Waals surface area contributed by atoms with Gasteiger partial charge in [-0.05, 0) is 42.5 Å². The number of pyridine rings is 1. The molecule has 15 heavy (non-hydrogen) atoms. The van der Waals surface area contributed by atoms with Gasteiger partial charge in [-0.15, -0.1) is 0 Å². The zero-order valence-electron chi connectivity index (χ0n) is 9.24.